The first-order chi connectivity index (χ1) is 13.0. The van der Waals surface area contributed by atoms with Gasteiger partial charge in [0, 0.05) is 37.2 Å². The molecular weight excluding hydrogens is 338 g/mol. The highest BCUT2D eigenvalue weighted by molar-refractivity contribution is 6.03. The molecule has 0 aliphatic heterocycles. The fourth-order valence-electron chi connectivity index (χ4n) is 2.56. The van der Waals surface area contributed by atoms with Crippen molar-refractivity contribution in [2.75, 3.05) is 29.6 Å². The lowest BCUT2D eigenvalue weighted by Crippen LogP contribution is -2.14. The Bertz CT molecular complexity index is 905. The van der Waals surface area contributed by atoms with E-state index in [1.807, 2.05) is 55.4 Å². The molecule has 1 aromatic heterocycles. The van der Waals surface area contributed by atoms with Gasteiger partial charge in [0.15, 0.2) is 0 Å². The number of aryl methyl sites for hydroxylation is 1. The Morgan fingerprint density at radius 1 is 0.963 bits per heavy atom. The van der Waals surface area contributed by atoms with Crippen LogP contribution in [-0.2, 0) is 6.42 Å². The van der Waals surface area contributed by atoms with Gasteiger partial charge in [0.05, 0.1) is 0 Å². The molecule has 0 bridgehead atoms. The van der Waals surface area contributed by atoms with Crippen LogP contribution in [0.1, 0.15) is 23.0 Å². The summed E-state index contributed by atoms with van der Waals surface area (Å²) in [7, 11) is 3.94. The molecule has 27 heavy (non-hydrogen) atoms. The summed E-state index contributed by atoms with van der Waals surface area (Å²) >= 11 is 0. The van der Waals surface area contributed by atoms with Crippen molar-refractivity contribution in [3.8, 4) is 0 Å². The first kappa shape index (κ1) is 18.4. The topological polar surface area (TPSA) is 70.2 Å². The highest BCUT2D eigenvalue weighted by atomic mass is 16.1. The maximum atomic E-state index is 12.5. The Kier molecular flexibility index (Phi) is 5.66. The molecule has 1 amide bonds. The van der Waals surface area contributed by atoms with E-state index in [1.54, 1.807) is 6.07 Å². The van der Waals surface area contributed by atoms with Crippen LogP contribution in [0.3, 0.4) is 0 Å². The molecule has 2 N–H and O–H groups in total. The Hall–Kier alpha value is -3.41. The van der Waals surface area contributed by atoms with Gasteiger partial charge in [-0.3, -0.25) is 4.79 Å². The number of hydrogen-bond acceptors (Lipinski definition) is 5. The van der Waals surface area contributed by atoms with Crippen molar-refractivity contribution in [2.45, 2.75) is 13.3 Å². The predicted molar refractivity (Wildman–Crippen MR) is 110 cm³/mol. The second-order valence-corrected chi connectivity index (χ2v) is 6.36. The van der Waals surface area contributed by atoms with Gasteiger partial charge in [-0.1, -0.05) is 19.1 Å². The van der Waals surface area contributed by atoms with Crippen molar-refractivity contribution >= 4 is 28.8 Å². The van der Waals surface area contributed by atoms with E-state index < -0.39 is 0 Å². The monoisotopic (exact) mass is 361 g/mol. The Morgan fingerprint density at radius 3 is 2.26 bits per heavy atom. The average Bonchev–Trinajstić information content (AvgIpc) is 2.69. The number of carbonyl (C=O) groups excluding carboxylic acids is 1. The van der Waals surface area contributed by atoms with E-state index >= 15 is 0 Å². The zero-order chi connectivity index (χ0) is 19.2. The summed E-state index contributed by atoms with van der Waals surface area (Å²) in [4.78, 5) is 22.8. The van der Waals surface area contributed by atoms with Gasteiger partial charge in [-0.2, -0.15) is 0 Å². The molecule has 0 aliphatic rings. The summed E-state index contributed by atoms with van der Waals surface area (Å²) in [6.45, 7) is 2.12. The summed E-state index contributed by atoms with van der Waals surface area (Å²) < 4.78 is 0. The third-order valence-corrected chi connectivity index (χ3v) is 4.18. The normalized spacial score (nSPS) is 10.3. The molecule has 0 atom stereocenters. The average molecular weight is 361 g/mol. The first-order valence-corrected chi connectivity index (χ1v) is 8.82. The third-order valence-electron chi connectivity index (χ3n) is 4.18. The van der Waals surface area contributed by atoms with Crippen LogP contribution in [0.4, 0.5) is 22.9 Å². The second-order valence-electron chi connectivity index (χ2n) is 6.36. The Labute approximate surface area is 159 Å². The van der Waals surface area contributed by atoms with E-state index in [9.17, 15) is 4.79 Å². The van der Waals surface area contributed by atoms with Gasteiger partial charge in [0.2, 0.25) is 0 Å². The van der Waals surface area contributed by atoms with Crippen molar-refractivity contribution < 1.29 is 4.79 Å². The highest BCUT2D eigenvalue weighted by Gasteiger charge is 2.10. The molecule has 0 radical (unpaired) electrons. The number of carbonyl (C=O) groups is 1. The fraction of sp³-hybridized carbons (Fsp3) is 0.190. The lowest BCUT2D eigenvalue weighted by Gasteiger charge is -2.13. The number of anilines is 4. The molecule has 0 aliphatic carbocycles. The standard InChI is InChI=1S/C21H23N5O/c1-4-15-5-7-16(8-6-15)24-20-13-19(22-14-23-20)21(27)25-17-9-11-18(12-10-17)26(2)3/h5-14H,4H2,1-3H3,(H,25,27)(H,22,23,24). The Morgan fingerprint density at radius 2 is 1.63 bits per heavy atom. The van der Waals surface area contributed by atoms with Crippen LogP contribution >= 0.6 is 0 Å². The number of nitrogens with zero attached hydrogens (tertiary/aromatic N) is 3. The van der Waals surface area contributed by atoms with Crippen LogP contribution in [0.5, 0.6) is 0 Å². The largest absolute Gasteiger partial charge is 0.378 e. The quantitative estimate of drug-likeness (QED) is 0.692. The minimum Gasteiger partial charge on any atom is -0.378 e. The van der Waals surface area contributed by atoms with Crippen molar-refractivity contribution in [1.82, 2.24) is 9.97 Å². The van der Waals surface area contributed by atoms with Gasteiger partial charge < -0.3 is 15.5 Å². The summed E-state index contributed by atoms with van der Waals surface area (Å²) in [5.41, 5.74) is 4.26. The predicted octanol–water partition coefficient (Wildman–Crippen LogP) is 4.10. The molecule has 2 aromatic carbocycles. The molecule has 0 spiro atoms. The number of nitrogens with one attached hydrogen (secondary N) is 2. The van der Waals surface area contributed by atoms with E-state index in [4.69, 9.17) is 0 Å². The summed E-state index contributed by atoms with van der Waals surface area (Å²) in [6, 6.07) is 17.4. The molecule has 0 saturated carbocycles. The van der Waals surface area contributed by atoms with Gasteiger partial charge in [-0.25, -0.2) is 9.97 Å². The number of amides is 1. The molecule has 0 unspecified atom stereocenters. The van der Waals surface area contributed by atoms with Gasteiger partial charge in [-0.15, -0.1) is 0 Å². The molecular formula is C21H23N5O. The molecule has 0 fully saturated rings. The maximum Gasteiger partial charge on any atom is 0.274 e. The Balaban J connectivity index is 1.69. The van der Waals surface area contributed by atoms with Crippen LogP contribution in [-0.4, -0.2) is 30.0 Å². The maximum absolute atomic E-state index is 12.5. The number of rotatable bonds is 6. The van der Waals surface area contributed by atoms with Crippen LogP contribution in [0.15, 0.2) is 60.9 Å². The zero-order valence-corrected chi connectivity index (χ0v) is 15.7. The van der Waals surface area contributed by atoms with Crippen molar-refractivity contribution in [2.24, 2.45) is 0 Å². The molecule has 6 heteroatoms. The van der Waals surface area contributed by atoms with Crippen LogP contribution in [0, 0.1) is 0 Å². The molecule has 6 nitrogen and oxygen atoms in total. The van der Waals surface area contributed by atoms with Crippen molar-refractivity contribution in [3.63, 3.8) is 0 Å². The molecule has 1 heterocycles. The minimum absolute atomic E-state index is 0.278. The van der Waals surface area contributed by atoms with E-state index in [0.29, 0.717) is 17.2 Å². The lowest BCUT2D eigenvalue weighted by atomic mass is 10.1. The van der Waals surface area contributed by atoms with Gasteiger partial charge in [0.25, 0.3) is 5.91 Å². The first-order valence-electron chi connectivity index (χ1n) is 8.82. The zero-order valence-electron chi connectivity index (χ0n) is 15.7. The molecule has 138 valence electrons. The number of hydrogen-bond donors (Lipinski definition) is 2. The van der Waals surface area contributed by atoms with Crippen LogP contribution in [0.25, 0.3) is 0 Å². The SMILES string of the molecule is CCc1ccc(Nc2cc(C(=O)Nc3ccc(N(C)C)cc3)ncn2)cc1. The fourth-order valence-corrected chi connectivity index (χ4v) is 2.56. The number of aromatic nitrogens is 2. The van der Waals surface area contributed by atoms with E-state index in [1.165, 1.54) is 11.9 Å². The summed E-state index contributed by atoms with van der Waals surface area (Å²) in [5.74, 6) is 0.293. The minimum atomic E-state index is -0.278. The van der Waals surface area contributed by atoms with E-state index in [0.717, 1.165) is 17.8 Å². The van der Waals surface area contributed by atoms with Crippen molar-refractivity contribution in [1.29, 1.82) is 0 Å². The lowest BCUT2D eigenvalue weighted by molar-refractivity contribution is 0.102. The third kappa shape index (κ3) is 4.82. The van der Waals surface area contributed by atoms with Crippen LogP contribution < -0.4 is 15.5 Å². The molecule has 0 saturated heterocycles. The van der Waals surface area contributed by atoms with Crippen LogP contribution in [0.2, 0.25) is 0 Å². The number of benzene rings is 2. The van der Waals surface area contributed by atoms with Gasteiger partial charge in [-0.05, 0) is 48.4 Å². The smallest absolute Gasteiger partial charge is 0.274 e. The molecule has 3 rings (SSSR count). The summed E-state index contributed by atoms with van der Waals surface area (Å²) in [6.07, 6.45) is 2.38. The van der Waals surface area contributed by atoms with Crippen molar-refractivity contribution in [3.05, 3.63) is 72.2 Å². The van der Waals surface area contributed by atoms with Gasteiger partial charge in [0.1, 0.15) is 17.8 Å². The van der Waals surface area contributed by atoms with Gasteiger partial charge >= 0.3 is 0 Å². The highest BCUT2D eigenvalue weighted by Crippen LogP contribution is 2.18. The second kappa shape index (κ2) is 8.31. The van der Waals surface area contributed by atoms with E-state index in [-0.39, 0.29) is 5.91 Å². The van der Waals surface area contributed by atoms with E-state index in [2.05, 4.69) is 39.7 Å². The molecule has 3 aromatic rings. The summed E-state index contributed by atoms with van der Waals surface area (Å²) in [5, 5.41) is 6.05.